The summed E-state index contributed by atoms with van der Waals surface area (Å²) >= 11 is 5.73. The molecule has 9 rings (SSSR count). The van der Waals surface area contributed by atoms with E-state index in [1.165, 1.54) is 5.56 Å². The van der Waals surface area contributed by atoms with Crippen molar-refractivity contribution in [2.24, 2.45) is 4.99 Å². The lowest BCUT2D eigenvalue weighted by Gasteiger charge is -2.30. The van der Waals surface area contributed by atoms with Crippen molar-refractivity contribution in [1.82, 2.24) is 0 Å². The van der Waals surface area contributed by atoms with Gasteiger partial charge in [0.05, 0.1) is 57.4 Å². The Morgan fingerprint density at radius 3 is 2.11 bits per heavy atom. The Balaban J connectivity index is 1.01. The number of rotatable bonds is 20. The molecule has 71 heavy (non-hydrogen) atoms. The van der Waals surface area contributed by atoms with Crippen molar-refractivity contribution in [3.63, 3.8) is 0 Å². The lowest BCUT2D eigenvalue weighted by atomic mass is 9.98. The van der Waals surface area contributed by atoms with Gasteiger partial charge in [-0.3, -0.25) is 24.3 Å². The van der Waals surface area contributed by atoms with Crippen LogP contribution >= 0.6 is 0 Å². The SMILES string of the molecule is COCCOCCOCCN(C(=O)CC(C)(C)S(C)=S)c1cc(COc2cc3c(cc2C)C(=O)N2c4ccccc4C[C@H]2CC3)cc(COc2cc3c(cc2OC)C(=O)N2c4ccccc4C[C@H]2C=N3)c1. The van der Waals surface area contributed by atoms with Crippen molar-refractivity contribution >= 4 is 67.3 Å². The molecule has 0 radical (unpaired) electrons. The molecule has 4 aliphatic rings. The first kappa shape index (κ1) is 50.0. The Kier molecular flexibility index (Phi) is 15.3. The minimum Gasteiger partial charge on any atom is -0.493 e. The zero-order valence-corrected chi connectivity index (χ0v) is 43.0. The van der Waals surface area contributed by atoms with Gasteiger partial charge >= 0.3 is 0 Å². The molecule has 5 aromatic rings. The number of fused-ring (bicyclic) bond motifs is 8. The molecule has 0 fully saturated rings. The summed E-state index contributed by atoms with van der Waals surface area (Å²) in [6.45, 7) is 8.55. The van der Waals surface area contributed by atoms with Crippen LogP contribution in [0.5, 0.6) is 17.2 Å². The van der Waals surface area contributed by atoms with Crippen LogP contribution in [-0.2, 0) is 72.1 Å². The van der Waals surface area contributed by atoms with E-state index in [9.17, 15) is 14.4 Å². The number of ether oxygens (including phenoxy) is 6. The van der Waals surface area contributed by atoms with Crippen LogP contribution in [0.15, 0.2) is 96.0 Å². The van der Waals surface area contributed by atoms with Crippen LogP contribution in [0.25, 0.3) is 0 Å². The number of para-hydroxylation sites is 2. The Bertz CT molecular complexity index is 2890. The molecule has 0 aromatic heterocycles. The molecule has 0 bridgehead atoms. The van der Waals surface area contributed by atoms with Crippen molar-refractivity contribution in [2.45, 2.75) is 82.9 Å². The Morgan fingerprint density at radius 1 is 0.761 bits per heavy atom. The number of carbonyl (C=O) groups is 3. The fraction of sp³-hybridized carbons (Fsp3) is 0.393. The second-order valence-corrected chi connectivity index (χ2v) is 22.6. The van der Waals surface area contributed by atoms with E-state index in [0.29, 0.717) is 72.6 Å². The van der Waals surface area contributed by atoms with Crippen molar-refractivity contribution in [3.8, 4) is 17.2 Å². The van der Waals surface area contributed by atoms with Crippen molar-refractivity contribution < 1.29 is 42.8 Å². The highest BCUT2D eigenvalue weighted by molar-refractivity contribution is 8.29. The monoisotopic (exact) mass is 998 g/mol. The predicted octanol–water partition coefficient (Wildman–Crippen LogP) is 8.86. The molecule has 15 heteroatoms. The number of hydrogen-bond acceptors (Lipinski definition) is 11. The normalized spacial score (nSPS) is 17.0. The molecule has 3 atom stereocenters. The quantitative estimate of drug-likeness (QED) is 0.0698. The van der Waals surface area contributed by atoms with Gasteiger partial charge in [-0.2, -0.15) is 0 Å². The first-order valence-electron chi connectivity index (χ1n) is 24.2. The van der Waals surface area contributed by atoms with E-state index < -0.39 is 14.2 Å². The molecule has 5 aromatic carbocycles. The maximum atomic E-state index is 14.5. The highest BCUT2D eigenvalue weighted by Crippen LogP contribution is 2.42. The van der Waals surface area contributed by atoms with Crippen molar-refractivity contribution in [3.05, 3.63) is 136 Å². The van der Waals surface area contributed by atoms with E-state index in [1.807, 2.05) is 111 Å². The van der Waals surface area contributed by atoms with Crippen molar-refractivity contribution in [2.75, 3.05) is 74.8 Å². The first-order valence-corrected chi connectivity index (χ1v) is 26.8. The zero-order chi connectivity index (χ0) is 49.8. The van der Waals surface area contributed by atoms with E-state index in [1.54, 1.807) is 36.2 Å². The summed E-state index contributed by atoms with van der Waals surface area (Å²) in [7, 11) is 2.72. The summed E-state index contributed by atoms with van der Waals surface area (Å²) in [6.07, 6.45) is 7.18. The zero-order valence-electron chi connectivity index (χ0n) is 41.4. The Hall–Kier alpha value is -5.97. The number of aliphatic imine (C=N–C) groups is 1. The van der Waals surface area contributed by atoms with Gasteiger partial charge < -0.3 is 38.2 Å². The number of nitrogens with zero attached hydrogens (tertiary/aromatic N) is 4. The molecule has 4 heterocycles. The van der Waals surface area contributed by atoms with Gasteiger partial charge in [-0.25, -0.2) is 0 Å². The van der Waals surface area contributed by atoms with Gasteiger partial charge in [0, 0.05) is 72.2 Å². The second kappa shape index (κ2) is 21.8. The average molecular weight is 999 g/mol. The van der Waals surface area contributed by atoms with Gasteiger partial charge in [-0.1, -0.05) is 47.6 Å². The van der Waals surface area contributed by atoms with Gasteiger partial charge in [-0.15, -0.1) is 9.45 Å². The Labute approximate surface area is 423 Å². The summed E-state index contributed by atoms with van der Waals surface area (Å²) in [5.74, 6) is 1.28. The standard InChI is InChI=1S/C56H62N4O9S2/c1-36-23-45-39(15-16-42-27-40-11-7-9-13-48(40)59(42)54(45)62)29-50(36)68-34-37-24-38(26-43(25-37)58(53(61)32-56(2,3)71(6)70)17-18-66-21-22-67-20-19-64-4)35-69-52-31-47-46(30-51(52)65-5)55(63)60-44(33-57-47)28-41-12-8-10-14-49(41)60/h7-14,23-26,29-31,33,42,44H,15-22,27-28,32,34-35H2,1-6H3/t42-,44+,71?/m1/s1. The second-order valence-electron chi connectivity index (χ2n) is 19.1. The molecule has 13 nitrogen and oxygen atoms in total. The Morgan fingerprint density at radius 2 is 1.41 bits per heavy atom. The van der Waals surface area contributed by atoms with E-state index in [2.05, 4.69) is 6.07 Å². The highest BCUT2D eigenvalue weighted by atomic mass is 32.8. The summed E-state index contributed by atoms with van der Waals surface area (Å²) in [6, 6.07) is 29.4. The lowest BCUT2D eigenvalue weighted by molar-refractivity contribution is -0.119. The number of aryl methyl sites for hydroxylation is 2. The largest absolute Gasteiger partial charge is 0.493 e. The molecule has 0 saturated carbocycles. The third kappa shape index (κ3) is 10.8. The molecular formula is C56H62N4O9S2. The predicted molar refractivity (Wildman–Crippen MR) is 282 cm³/mol. The lowest BCUT2D eigenvalue weighted by Crippen LogP contribution is -2.40. The number of carbonyl (C=O) groups excluding carboxylic acids is 3. The van der Waals surface area contributed by atoms with Crippen LogP contribution in [0.2, 0.25) is 0 Å². The molecule has 0 saturated heterocycles. The van der Waals surface area contributed by atoms with Crippen LogP contribution < -0.4 is 28.9 Å². The molecule has 3 amide bonds. The van der Waals surface area contributed by atoms with Gasteiger partial charge in [0.25, 0.3) is 11.8 Å². The topological polar surface area (TPSA) is 129 Å². The van der Waals surface area contributed by atoms with E-state index >= 15 is 0 Å². The van der Waals surface area contributed by atoms with Crippen molar-refractivity contribution in [1.29, 1.82) is 0 Å². The third-order valence-electron chi connectivity index (χ3n) is 13.9. The first-order chi connectivity index (χ1) is 34.3. The third-order valence-corrected chi connectivity index (χ3v) is 16.9. The van der Waals surface area contributed by atoms with Crippen LogP contribution in [0.1, 0.15) is 80.8 Å². The smallest absolute Gasteiger partial charge is 0.261 e. The van der Waals surface area contributed by atoms with Crippen LogP contribution in [0, 0.1) is 6.92 Å². The molecule has 0 spiro atoms. The van der Waals surface area contributed by atoms with Crippen LogP contribution in [-0.4, -0.2) is 101 Å². The summed E-state index contributed by atoms with van der Waals surface area (Å²) < 4.78 is 35.4. The molecular weight excluding hydrogens is 937 g/mol. The van der Waals surface area contributed by atoms with Gasteiger partial charge in [0.15, 0.2) is 11.5 Å². The fourth-order valence-electron chi connectivity index (χ4n) is 9.87. The fourth-order valence-corrected chi connectivity index (χ4v) is 10.4. The molecule has 0 aliphatic carbocycles. The average Bonchev–Trinajstić information content (AvgIpc) is 3.85. The van der Waals surface area contributed by atoms with E-state index in [0.717, 1.165) is 58.5 Å². The minimum atomic E-state index is -0.458. The number of anilines is 3. The highest BCUT2D eigenvalue weighted by Gasteiger charge is 2.39. The molecule has 4 aliphatic heterocycles. The van der Waals surface area contributed by atoms with E-state index in [-0.39, 0.29) is 62.6 Å². The maximum Gasteiger partial charge on any atom is 0.261 e. The molecule has 372 valence electrons. The van der Waals surface area contributed by atoms with Crippen LogP contribution in [0.4, 0.5) is 22.7 Å². The summed E-state index contributed by atoms with van der Waals surface area (Å²) in [5, 5.41) is 0. The summed E-state index contributed by atoms with van der Waals surface area (Å²) in [5.41, 5.74) is 9.86. The summed E-state index contributed by atoms with van der Waals surface area (Å²) in [4.78, 5) is 53.2. The van der Waals surface area contributed by atoms with Crippen LogP contribution in [0.3, 0.4) is 0 Å². The number of methoxy groups -OCH3 is 2. The molecule has 1 unspecified atom stereocenters. The molecule has 0 N–H and O–H groups in total. The van der Waals surface area contributed by atoms with Gasteiger partial charge in [-0.05, 0) is 128 Å². The van der Waals surface area contributed by atoms with Gasteiger partial charge in [0.2, 0.25) is 5.91 Å². The van der Waals surface area contributed by atoms with Gasteiger partial charge in [0.1, 0.15) is 19.0 Å². The number of amides is 3. The number of hydrogen-bond donors (Lipinski definition) is 0. The minimum absolute atomic E-state index is 0.0246. The maximum absolute atomic E-state index is 14.5. The van der Waals surface area contributed by atoms with E-state index in [4.69, 9.17) is 44.6 Å². The number of benzene rings is 5.